The summed E-state index contributed by atoms with van der Waals surface area (Å²) in [4.78, 5) is 10.6. The fourth-order valence-corrected chi connectivity index (χ4v) is 1.73. The number of nitrogens with two attached hydrogens (primary N) is 1. The van der Waals surface area contributed by atoms with Crippen molar-refractivity contribution in [3.63, 3.8) is 0 Å². The Hall–Kier alpha value is -1.75. The normalized spacial score (nSPS) is 18.5. The van der Waals surface area contributed by atoms with Crippen LogP contribution >= 0.6 is 0 Å². The van der Waals surface area contributed by atoms with Gasteiger partial charge in [0.25, 0.3) is 0 Å². The summed E-state index contributed by atoms with van der Waals surface area (Å²) in [6.45, 7) is 1.57. The summed E-state index contributed by atoms with van der Waals surface area (Å²) in [6, 6.07) is 5.28. The molecule has 1 saturated heterocycles. The van der Waals surface area contributed by atoms with Crippen LogP contribution in [0, 0.1) is 0 Å². The lowest BCUT2D eigenvalue weighted by Crippen LogP contribution is -2.33. The number of nitrogens with one attached hydrogen (secondary N) is 1. The molecule has 1 fully saturated rings. The third kappa shape index (κ3) is 3.10. The molecule has 5 heteroatoms. The van der Waals surface area contributed by atoms with Gasteiger partial charge in [-0.15, -0.1) is 0 Å². The van der Waals surface area contributed by atoms with Gasteiger partial charge in [-0.25, -0.2) is 0 Å². The topological polar surface area (TPSA) is 84.6 Å². The van der Waals surface area contributed by atoms with Crippen LogP contribution in [0.15, 0.2) is 18.2 Å². The summed E-state index contributed by atoms with van der Waals surface area (Å²) < 4.78 is 5.29. The van der Waals surface area contributed by atoms with Crippen molar-refractivity contribution in [1.82, 2.24) is 0 Å². The summed E-state index contributed by atoms with van der Waals surface area (Å²) >= 11 is 0. The SMILES string of the molecule is Nc1cc(CC(=O)O)ccc1NC[C@@H]1CCO1. The van der Waals surface area contributed by atoms with Crippen LogP contribution in [0.5, 0.6) is 0 Å². The van der Waals surface area contributed by atoms with Crippen molar-refractivity contribution < 1.29 is 14.6 Å². The second-order valence-corrected chi connectivity index (χ2v) is 4.15. The molecule has 17 heavy (non-hydrogen) atoms. The average Bonchev–Trinajstić information content (AvgIpc) is 2.17. The molecular weight excluding hydrogens is 220 g/mol. The van der Waals surface area contributed by atoms with Crippen LogP contribution in [-0.2, 0) is 16.0 Å². The molecule has 1 heterocycles. The quantitative estimate of drug-likeness (QED) is 0.666. The van der Waals surface area contributed by atoms with E-state index in [9.17, 15) is 4.79 Å². The van der Waals surface area contributed by atoms with Gasteiger partial charge in [0.2, 0.25) is 0 Å². The Balaban J connectivity index is 1.95. The van der Waals surface area contributed by atoms with E-state index < -0.39 is 5.97 Å². The van der Waals surface area contributed by atoms with Crippen molar-refractivity contribution in [3.8, 4) is 0 Å². The van der Waals surface area contributed by atoms with Crippen LogP contribution < -0.4 is 11.1 Å². The molecule has 1 aliphatic heterocycles. The zero-order valence-electron chi connectivity index (χ0n) is 9.48. The number of benzene rings is 1. The van der Waals surface area contributed by atoms with Gasteiger partial charge in [-0.2, -0.15) is 0 Å². The number of carbonyl (C=O) groups is 1. The first-order valence-electron chi connectivity index (χ1n) is 5.61. The average molecular weight is 236 g/mol. The number of hydrogen-bond donors (Lipinski definition) is 3. The largest absolute Gasteiger partial charge is 0.481 e. The smallest absolute Gasteiger partial charge is 0.307 e. The predicted octanol–water partition coefficient (Wildman–Crippen LogP) is 1.10. The highest BCUT2D eigenvalue weighted by Crippen LogP contribution is 2.21. The van der Waals surface area contributed by atoms with Crippen LogP contribution in [0.3, 0.4) is 0 Å². The van der Waals surface area contributed by atoms with E-state index in [-0.39, 0.29) is 12.5 Å². The van der Waals surface area contributed by atoms with Crippen molar-refractivity contribution in [1.29, 1.82) is 0 Å². The first kappa shape index (κ1) is 11.7. The van der Waals surface area contributed by atoms with E-state index in [0.717, 1.165) is 25.3 Å². The Labute approximate surface area is 99.6 Å². The number of hydrogen-bond acceptors (Lipinski definition) is 4. The number of carboxylic acid groups (broad SMARTS) is 1. The van der Waals surface area contributed by atoms with Gasteiger partial charge in [-0.1, -0.05) is 6.07 Å². The van der Waals surface area contributed by atoms with E-state index in [2.05, 4.69) is 5.32 Å². The van der Waals surface area contributed by atoms with Crippen molar-refractivity contribution in [2.45, 2.75) is 18.9 Å². The minimum atomic E-state index is -0.854. The highest BCUT2D eigenvalue weighted by molar-refractivity contribution is 5.73. The van der Waals surface area contributed by atoms with Crippen molar-refractivity contribution in [2.75, 3.05) is 24.2 Å². The fourth-order valence-electron chi connectivity index (χ4n) is 1.73. The Kier molecular flexibility index (Phi) is 3.49. The summed E-state index contributed by atoms with van der Waals surface area (Å²) in [5, 5.41) is 11.9. The number of aliphatic carboxylic acids is 1. The molecule has 0 unspecified atom stereocenters. The highest BCUT2D eigenvalue weighted by Gasteiger charge is 2.17. The van der Waals surface area contributed by atoms with Crippen molar-refractivity contribution in [3.05, 3.63) is 23.8 Å². The standard InChI is InChI=1S/C12H16N2O3/c13-10-5-8(6-12(15)16)1-2-11(10)14-7-9-3-4-17-9/h1-2,5,9,14H,3-4,6-7,13H2,(H,15,16)/t9-/m0/s1. The van der Waals surface area contributed by atoms with E-state index in [1.807, 2.05) is 6.07 Å². The second kappa shape index (κ2) is 5.05. The zero-order chi connectivity index (χ0) is 12.3. The summed E-state index contributed by atoms with van der Waals surface area (Å²) in [6.07, 6.45) is 1.34. The molecule has 4 N–H and O–H groups in total. The van der Waals surface area contributed by atoms with E-state index >= 15 is 0 Å². The van der Waals surface area contributed by atoms with Crippen LogP contribution in [0.2, 0.25) is 0 Å². The molecule has 1 atom stereocenters. The molecule has 5 nitrogen and oxygen atoms in total. The molecule has 0 aliphatic carbocycles. The summed E-state index contributed by atoms with van der Waals surface area (Å²) in [5.74, 6) is -0.854. The molecule has 0 radical (unpaired) electrons. The number of rotatable bonds is 5. The monoisotopic (exact) mass is 236 g/mol. The molecule has 0 amide bonds. The minimum Gasteiger partial charge on any atom is -0.481 e. The molecule has 0 spiro atoms. The molecule has 0 aromatic heterocycles. The third-order valence-electron chi connectivity index (χ3n) is 2.78. The Morgan fingerprint density at radius 2 is 2.35 bits per heavy atom. The molecule has 1 aromatic rings. The molecule has 0 bridgehead atoms. The van der Waals surface area contributed by atoms with Crippen LogP contribution in [0.4, 0.5) is 11.4 Å². The first-order chi connectivity index (χ1) is 8.15. The minimum absolute atomic E-state index is 0.00375. The Morgan fingerprint density at radius 3 is 2.88 bits per heavy atom. The molecule has 1 aromatic carbocycles. The number of anilines is 2. The van der Waals surface area contributed by atoms with E-state index in [1.54, 1.807) is 12.1 Å². The number of ether oxygens (including phenoxy) is 1. The third-order valence-corrected chi connectivity index (χ3v) is 2.78. The lowest BCUT2D eigenvalue weighted by atomic mass is 10.1. The first-order valence-corrected chi connectivity index (χ1v) is 5.61. The maximum absolute atomic E-state index is 10.6. The molecule has 2 rings (SSSR count). The second-order valence-electron chi connectivity index (χ2n) is 4.15. The van der Waals surface area contributed by atoms with Crippen molar-refractivity contribution in [2.24, 2.45) is 0 Å². The van der Waals surface area contributed by atoms with Crippen LogP contribution in [0.1, 0.15) is 12.0 Å². The van der Waals surface area contributed by atoms with E-state index in [0.29, 0.717) is 11.3 Å². The predicted molar refractivity (Wildman–Crippen MR) is 65.0 cm³/mol. The zero-order valence-corrected chi connectivity index (χ0v) is 9.48. The highest BCUT2D eigenvalue weighted by atomic mass is 16.5. The van der Waals surface area contributed by atoms with E-state index in [1.165, 1.54) is 0 Å². The van der Waals surface area contributed by atoms with Gasteiger partial charge in [-0.05, 0) is 24.1 Å². The van der Waals surface area contributed by atoms with Gasteiger partial charge in [0.15, 0.2) is 0 Å². The summed E-state index contributed by atoms with van der Waals surface area (Å²) in [7, 11) is 0. The number of carboxylic acids is 1. The molecule has 92 valence electrons. The Morgan fingerprint density at radius 1 is 1.59 bits per heavy atom. The van der Waals surface area contributed by atoms with Gasteiger partial charge in [0, 0.05) is 13.2 Å². The van der Waals surface area contributed by atoms with Gasteiger partial charge in [-0.3, -0.25) is 4.79 Å². The molecular formula is C12H16N2O3. The Bertz CT molecular complexity index is 416. The number of nitrogen functional groups attached to an aromatic ring is 1. The van der Waals surface area contributed by atoms with Gasteiger partial charge >= 0.3 is 5.97 Å². The lowest BCUT2D eigenvalue weighted by molar-refractivity contribution is -0.136. The lowest BCUT2D eigenvalue weighted by Gasteiger charge is -2.27. The van der Waals surface area contributed by atoms with Crippen LogP contribution in [0.25, 0.3) is 0 Å². The fraction of sp³-hybridized carbons (Fsp3) is 0.417. The van der Waals surface area contributed by atoms with Gasteiger partial charge in [0.05, 0.1) is 23.9 Å². The molecule has 0 saturated carbocycles. The summed E-state index contributed by atoms with van der Waals surface area (Å²) in [5.41, 5.74) is 7.96. The maximum Gasteiger partial charge on any atom is 0.307 e. The van der Waals surface area contributed by atoms with Crippen LogP contribution in [-0.4, -0.2) is 30.3 Å². The maximum atomic E-state index is 10.6. The van der Waals surface area contributed by atoms with Crippen molar-refractivity contribution >= 4 is 17.3 Å². The van der Waals surface area contributed by atoms with Gasteiger partial charge < -0.3 is 20.9 Å². The van der Waals surface area contributed by atoms with E-state index in [4.69, 9.17) is 15.6 Å². The van der Waals surface area contributed by atoms with Gasteiger partial charge in [0.1, 0.15) is 0 Å². The molecule has 1 aliphatic rings.